The molecule has 3 unspecified atom stereocenters. The van der Waals surface area contributed by atoms with Gasteiger partial charge in [0.1, 0.15) is 0 Å². The van der Waals surface area contributed by atoms with Crippen LogP contribution in [0.15, 0.2) is 0 Å². The fourth-order valence-electron chi connectivity index (χ4n) is 3.98. The van der Waals surface area contributed by atoms with Crippen LogP contribution in [0, 0.1) is 23.2 Å². The van der Waals surface area contributed by atoms with Gasteiger partial charge in [-0.2, -0.15) is 0 Å². The fourth-order valence-corrected chi connectivity index (χ4v) is 3.98. The van der Waals surface area contributed by atoms with Crippen molar-refractivity contribution in [1.29, 1.82) is 0 Å². The van der Waals surface area contributed by atoms with Crippen LogP contribution in [0.25, 0.3) is 0 Å². The molecule has 0 saturated heterocycles. The van der Waals surface area contributed by atoms with Crippen molar-refractivity contribution in [2.45, 2.75) is 99.8 Å². The van der Waals surface area contributed by atoms with Crippen molar-refractivity contribution in [3.63, 3.8) is 0 Å². The van der Waals surface area contributed by atoms with E-state index in [1.165, 1.54) is 51.4 Å². The Morgan fingerprint density at radius 3 is 1.89 bits per heavy atom. The van der Waals surface area contributed by atoms with Crippen molar-refractivity contribution < 1.29 is 0 Å². The molecule has 0 bridgehead atoms. The van der Waals surface area contributed by atoms with Gasteiger partial charge in [0.25, 0.3) is 0 Å². The van der Waals surface area contributed by atoms with E-state index < -0.39 is 0 Å². The molecule has 0 nitrogen and oxygen atoms in total. The molecule has 0 amide bonds. The molecule has 0 heteroatoms. The van der Waals surface area contributed by atoms with Crippen LogP contribution >= 0.6 is 0 Å². The summed E-state index contributed by atoms with van der Waals surface area (Å²) < 4.78 is 0. The van der Waals surface area contributed by atoms with Gasteiger partial charge in [0.05, 0.1) is 0 Å². The lowest BCUT2D eigenvalue weighted by Gasteiger charge is -2.39. The first-order valence-corrected chi connectivity index (χ1v) is 8.88. The Kier molecular flexibility index (Phi) is 9.83. The predicted molar refractivity (Wildman–Crippen MR) is 89.6 cm³/mol. The van der Waals surface area contributed by atoms with E-state index in [0.717, 1.165) is 17.8 Å². The summed E-state index contributed by atoms with van der Waals surface area (Å²) in [5, 5.41) is 0. The normalized spacial score (nSPS) is 17.2. The molecule has 0 N–H and O–H groups in total. The van der Waals surface area contributed by atoms with E-state index in [1.807, 2.05) is 0 Å². The zero-order valence-corrected chi connectivity index (χ0v) is 14.9. The topological polar surface area (TPSA) is 0 Å². The summed E-state index contributed by atoms with van der Waals surface area (Å²) in [5.74, 6) is 2.69. The van der Waals surface area contributed by atoms with Gasteiger partial charge in [0.2, 0.25) is 0 Å². The van der Waals surface area contributed by atoms with Crippen molar-refractivity contribution in [3.8, 4) is 0 Å². The summed E-state index contributed by atoms with van der Waals surface area (Å²) in [6, 6.07) is 0. The summed E-state index contributed by atoms with van der Waals surface area (Å²) in [6.07, 6.45) is 11.1. The molecule has 0 rings (SSSR count). The predicted octanol–water partition coefficient (Wildman–Crippen LogP) is 7.08. The standard InChI is InChI=1S/C19H40/c1-8-11-14-19(6,7)18(13-10-3)17(5)15-16(4)12-9-2/h16-18H,8-15H2,1-7H3. The molecular weight excluding hydrogens is 228 g/mol. The largest absolute Gasteiger partial charge is 0.0654 e. The Labute approximate surface area is 123 Å². The molecule has 116 valence electrons. The first-order valence-electron chi connectivity index (χ1n) is 8.88. The monoisotopic (exact) mass is 268 g/mol. The second-order valence-electron chi connectivity index (χ2n) is 7.59. The van der Waals surface area contributed by atoms with Gasteiger partial charge in [0, 0.05) is 0 Å². The van der Waals surface area contributed by atoms with E-state index in [2.05, 4.69) is 48.5 Å². The molecule has 0 aromatic carbocycles. The van der Waals surface area contributed by atoms with Crippen LogP contribution in [0.4, 0.5) is 0 Å². The second kappa shape index (κ2) is 9.83. The molecular formula is C19H40. The number of hydrogen-bond acceptors (Lipinski definition) is 0. The number of unbranched alkanes of at least 4 members (excludes halogenated alkanes) is 1. The molecule has 0 aliphatic rings. The van der Waals surface area contributed by atoms with Crippen LogP contribution in [0.2, 0.25) is 0 Å². The molecule has 0 radical (unpaired) electrons. The van der Waals surface area contributed by atoms with E-state index in [0.29, 0.717) is 5.41 Å². The zero-order chi connectivity index (χ0) is 14.9. The van der Waals surface area contributed by atoms with Crippen LogP contribution in [0.3, 0.4) is 0 Å². The highest BCUT2D eigenvalue weighted by molar-refractivity contribution is 4.82. The van der Waals surface area contributed by atoms with Gasteiger partial charge in [-0.05, 0) is 42.4 Å². The zero-order valence-electron chi connectivity index (χ0n) is 14.9. The average Bonchev–Trinajstić information content (AvgIpc) is 2.33. The minimum absolute atomic E-state index is 0.525. The molecule has 0 heterocycles. The Bertz CT molecular complexity index is 204. The van der Waals surface area contributed by atoms with Gasteiger partial charge in [-0.1, -0.05) is 80.6 Å². The first-order chi connectivity index (χ1) is 8.88. The van der Waals surface area contributed by atoms with Gasteiger partial charge in [0.15, 0.2) is 0 Å². The second-order valence-corrected chi connectivity index (χ2v) is 7.59. The van der Waals surface area contributed by atoms with Gasteiger partial charge < -0.3 is 0 Å². The third kappa shape index (κ3) is 7.37. The Hall–Kier alpha value is 0. The molecule has 0 spiro atoms. The van der Waals surface area contributed by atoms with Crippen LogP contribution in [-0.4, -0.2) is 0 Å². The maximum absolute atomic E-state index is 2.52. The lowest BCUT2D eigenvalue weighted by molar-refractivity contribution is 0.106. The van der Waals surface area contributed by atoms with Gasteiger partial charge in [-0.25, -0.2) is 0 Å². The van der Waals surface area contributed by atoms with E-state index >= 15 is 0 Å². The summed E-state index contributed by atoms with van der Waals surface area (Å²) in [5.41, 5.74) is 0.525. The van der Waals surface area contributed by atoms with Crippen molar-refractivity contribution >= 4 is 0 Å². The van der Waals surface area contributed by atoms with Crippen molar-refractivity contribution in [1.82, 2.24) is 0 Å². The highest BCUT2D eigenvalue weighted by atomic mass is 14.4. The first kappa shape index (κ1) is 19.0. The fraction of sp³-hybridized carbons (Fsp3) is 1.00. The van der Waals surface area contributed by atoms with Gasteiger partial charge in [-0.3, -0.25) is 0 Å². The van der Waals surface area contributed by atoms with E-state index in [-0.39, 0.29) is 0 Å². The Morgan fingerprint density at radius 2 is 1.42 bits per heavy atom. The molecule has 0 fully saturated rings. The SMILES string of the molecule is CCCCC(C)(C)C(CCC)C(C)CC(C)CCC. The molecule has 0 aromatic heterocycles. The van der Waals surface area contributed by atoms with E-state index in [1.54, 1.807) is 0 Å². The number of rotatable bonds is 11. The Balaban J connectivity index is 4.59. The van der Waals surface area contributed by atoms with Crippen molar-refractivity contribution in [2.24, 2.45) is 23.2 Å². The summed E-state index contributed by atoms with van der Waals surface area (Å²) in [7, 11) is 0. The van der Waals surface area contributed by atoms with Gasteiger partial charge >= 0.3 is 0 Å². The third-order valence-corrected chi connectivity index (χ3v) is 5.02. The summed E-state index contributed by atoms with van der Waals surface area (Å²) in [4.78, 5) is 0. The van der Waals surface area contributed by atoms with E-state index in [9.17, 15) is 0 Å². The smallest absolute Gasteiger partial charge is 0.0323 e. The van der Waals surface area contributed by atoms with Crippen molar-refractivity contribution in [3.05, 3.63) is 0 Å². The molecule has 0 aromatic rings. The molecule has 0 aliphatic carbocycles. The molecule has 0 aliphatic heterocycles. The van der Waals surface area contributed by atoms with Crippen LogP contribution in [0.5, 0.6) is 0 Å². The van der Waals surface area contributed by atoms with Crippen LogP contribution < -0.4 is 0 Å². The van der Waals surface area contributed by atoms with Crippen LogP contribution in [-0.2, 0) is 0 Å². The highest BCUT2D eigenvalue weighted by Crippen LogP contribution is 2.42. The quantitative estimate of drug-likeness (QED) is 0.375. The maximum Gasteiger partial charge on any atom is -0.0323 e. The molecule has 19 heavy (non-hydrogen) atoms. The molecule has 3 atom stereocenters. The summed E-state index contributed by atoms with van der Waals surface area (Å²) in [6.45, 7) is 17.0. The van der Waals surface area contributed by atoms with E-state index in [4.69, 9.17) is 0 Å². The summed E-state index contributed by atoms with van der Waals surface area (Å²) >= 11 is 0. The average molecular weight is 269 g/mol. The van der Waals surface area contributed by atoms with Crippen LogP contribution in [0.1, 0.15) is 99.8 Å². The third-order valence-electron chi connectivity index (χ3n) is 5.02. The van der Waals surface area contributed by atoms with Gasteiger partial charge in [-0.15, -0.1) is 0 Å². The lowest BCUT2D eigenvalue weighted by atomic mass is 9.66. The highest BCUT2D eigenvalue weighted by Gasteiger charge is 2.32. The Morgan fingerprint density at radius 1 is 0.842 bits per heavy atom. The minimum atomic E-state index is 0.525. The van der Waals surface area contributed by atoms with Crippen molar-refractivity contribution in [2.75, 3.05) is 0 Å². The number of hydrogen-bond donors (Lipinski definition) is 0. The maximum atomic E-state index is 2.52. The minimum Gasteiger partial charge on any atom is -0.0654 e. The lowest BCUT2D eigenvalue weighted by Crippen LogP contribution is -2.30. The molecule has 0 saturated carbocycles.